The molecule has 3 aromatic rings. The molecule has 0 aliphatic carbocycles. The van der Waals surface area contributed by atoms with Crippen LogP contribution in [0, 0.1) is 0 Å². The number of rotatable bonds is 8. The van der Waals surface area contributed by atoms with Gasteiger partial charge in [-0.15, -0.1) is 0 Å². The van der Waals surface area contributed by atoms with Gasteiger partial charge in [0.05, 0.1) is 19.3 Å². The summed E-state index contributed by atoms with van der Waals surface area (Å²) in [6.45, 7) is 4.97. The van der Waals surface area contributed by atoms with Crippen LogP contribution in [-0.4, -0.2) is 33.8 Å². The lowest BCUT2D eigenvalue weighted by molar-refractivity contribution is 0.686. The van der Waals surface area contributed by atoms with Crippen LogP contribution in [0.1, 0.15) is 23.6 Å². The van der Waals surface area contributed by atoms with Gasteiger partial charge in [-0.3, -0.25) is 4.68 Å². The lowest BCUT2D eigenvalue weighted by Crippen LogP contribution is -2.38. The third kappa shape index (κ3) is 6.39. The number of guanidine groups is 1. The summed E-state index contributed by atoms with van der Waals surface area (Å²) >= 11 is 5.82. The SMILES string of the molecule is CCNC(=NCc1cnn(Cc2ccccc2)c1)NCCc1ccc(Cl)nc1. The van der Waals surface area contributed by atoms with Crippen LogP contribution < -0.4 is 10.6 Å². The van der Waals surface area contributed by atoms with Crippen molar-refractivity contribution in [2.24, 2.45) is 4.99 Å². The van der Waals surface area contributed by atoms with Crippen LogP contribution >= 0.6 is 11.6 Å². The first-order chi connectivity index (χ1) is 13.7. The Balaban J connectivity index is 1.51. The summed E-state index contributed by atoms with van der Waals surface area (Å²) in [6.07, 6.45) is 6.56. The maximum Gasteiger partial charge on any atom is 0.191 e. The minimum absolute atomic E-state index is 0.513. The summed E-state index contributed by atoms with van der Waals surface area (Å²) in [5, 5.41) is 11.6. The molecule has 0 spiro atoms. The Kier molecular flexibility index (Phi) is 7.44. The van der Waals surface area contributed by atoms with E-state index in [4.69, 9.17) is 11.6 Å². The van der Waals surface area contributed by atoms with Gasteiger partial charge in [-0.05, 0) is 30.5 Å². The fraction of sp³-hybridized carbons (Fsp3) is 0.286. The van der Waals surface area contributed by atoms with Crippen LogP contribution in [0.4, 0.5) is 0 Å². The molecule has 2 heterocycles. The van der Waals surface area contributed by atoms with Crippen LogP contribution in [0.3, 0.4) is 0 Å². The van der Waals surface area contributed by atoms with Crippen LogP contribution in [0.15, 0.2) is 66.0 Å². The maximum absolute atomic E-state index is 5.82. The van der Waals surface area contributed by atoms with Crippen molar-refractivity contribution in [2.75, 3.05) is 13.1 Å². The number of aromatic nitrogens is 3. The van der Waals surface area contributed by atoms with E-state index in [1.54, 1.807) is 6.20 Å². The van der Waals surface area contributed by atoms with Gasteiger partial charge in [0.1, 0.15) is 5.15 Å². The second-order valence-electron chi connectivity index (χ2n) is 6.39. The standard InChI is InChI=1S/C21H25ClN6/c1-2-23-21(24-11-10-17-8-9-20(22)25-12-17)26-13-19-14-27-28(16-19)15-18-6-4-3-5-7-18/h3-9,12,14,16H,2,10-11,13,15H2,1H3,(H2,23,24,26). The van der Waals surface area contributed by atoms with Crippen molar-refractivity contribution in [3.05, 3.63) is 82.9 Å². The van der Waals surface area contributed by atoms with Gasteiger partial charge in [-0.1, -0.05) is 48.0 Å². The Morgan fingerprint density at radius 2 is 1.89 bits per heavy atom. The summed E-state index contributed by atoms with van der Waals surface area (Å²) in [5.41, 5.74) is 3.44. The molecule has 0 saturated carbocycles. The quantitative estimate of drug-likeness (QED) is 0.348. The van der Waals surface area contributed by atoms with Gasteiger partial charge in [0, 0.05) is 31.0 Å². The van der Waals surface area contributed by atoms with E-state index in [2.05, 4.69) is 44.8 Å². The zero-order valence-corrected chi connectivity index (χ0v) is 16.7. The molecule has 1 aromatic carbocycles. The largest absolute Gasteiger partial charge is 0.357 e. The number of nitrogens with zero attached hydrogens (tertiary/aromatic N) is 4. The Morgan fingerprint density at radius 3 is 2.64 bits per heavy atom. The van der Waals surface area contributed by atoms with Crippen molar-refractivity contribution < 1.29 is 0 Å². The molecule has 2 aromatic heterocycles. The Labute approximate surface area is 170 Å². The minimum Gasteiger partial charge on any atom is -0.357 e. The molecule has 0 amide bonds. The monoisotopic (exact) mass is 396 g/mol. The number of pyridine rings is 1. The summed E-state index contributed by atoms with van der Waals surface area (Å²) in [5.74, 6) is 0.792. The molecule has 146 valence electrons. The lowest BCUT2D eigenvalue weighted by atomic mass is 10.2. The third-order valence-electron chi connectivity index (χ3n) is 4.13. The van der Waals surface area contributed by atoms with Crippen LogP contribution in [-0.2, 0) is 19.5 Å². The van der Waals surface area contributed by atoms with Gasteiger partial charge < -0.3 is 10.6 Å². The Bertz CT molecular complexity index is 873. The first-order valence-electron chi connectivity index (χ1n) is 9.41. The number of nitrogens with one attached hydrogen (secondary N) is 2. The highest BCUT2D eigenvalue weighted by molar-refractivity contribution is 6.29. The molecule has 0 unspecified atom stereocenters. The normalized spacial score (nSPS) is 11.4. The van der Waals surface area contributed by atoms with Crippen LogP contribution in [0.25, 0.3) is 0 Å². The molecule has 0 aliphatic rings. The highest BCUT2D eigenvalue weighted by atomic mass is 35.5. The van der Waals surface area contributed by atoms with Crippen LogP contribution in [0.2, 0.25) is 5.15 Å². The lowest BCUT2D eigenvalue weighted by Gasteiger charge is -2.11. The van der Waals surface area contributed by atoms with E-state index in [0.29, 0.717) is 11.7 Å². The van der Waals surface area contributed by atoms with E-state index in [-0.39, 0.29) is 0 Å². The number of benzene rings is 1. The van der Waals surface area contributed by atoms with E-state index in [0.717, 1.165) is 43.1 Å². The van der Waals surface area contributed by atoms with Gasteiger partial charge in [0.2, 0.25) is 0 Å². The number of aliphatic imine (C=N–C) groups is 1. The molecular weight excluding hydrogens is 372 g/mol. The van der Waals surface area contributed by atoms with Gasteiger partial charge in [-0.2, -0.15) is 5.10 Å². The second kappa shape index (κ2) is 10.5. The highest BCUT2D eigenvalue weighted by Crippen LogP contribution is 2.06. The third-order valence-corrected chi connectivity index (χ3v) is 4.36. The van der Waals surface area contributed by atoms with Crippen molar-refractivity contribution in [1.82, 2.24) is 25.4 Å². The van der Waals surface area contributed by atoms with Crippen molar-refractivity contribution >= 4 is 17.6 Å². The zero-order chi connectivity index (χ0) is 19.6. The average Bonchev–Trinajstić information content (AvgIpc) is 3.16. The highest BCUT2D eigenvalue weighted by Gasteiger charge is 2.02. The van der Waals surface area contributed by atoms with Crippen molar-refractivity contribution in [3.8, 4) is 0 Å². The van der Waals surface area contributed by atoms with Crippen molar-refractivity contribution in [1.29, 1.82) is 0 Å². The number of hydrogen-bond acceptors (Lipinski definition) is 3. The topological polar surface area (TPSA) is 67.1 Å². The summed E-state index contributed by atoms with van der Waals surface area (Å²) in [7, 11) is 0. The first kappa shape index (κ1) is 19.9. The maximum atomic E-state index is 5.82. The van der Waals surface area contributed by atoms with Gasteiger partial charge in [-0.25, -0.2) is 9.98 Å². The summed E-state index contributed by atoms with van der Waals surface area (Å²) < 4.78 is 1.94. The molecule has 0 fully saturated rings. The molecule has 0 radical (unpaired) electrons. The average molecular weight is 397 g/mol. The fourth-order valence-electron chi connectivity index (χ4n) is 2.74. The Hall–Kier alpha value is -2.86. The predicted octanol–water partition coefficient (Wildman–Crippen LogP) is 3.28. The van der Waals surface area contributed by atoms with E-state index in [1.807, 2.05) is 47.4 Å². The van der Waals surface area contributed by atoms with Crippen molar-refractivity contribution in [2.45, 2.75) is 26.4 Å². The smallest absolute Gasteiger partial charge is 0.191 e. The second-order valence-corrected chi connectivity index (χ2v) is 6.78. The molecule has 6 nitrogen and oxygen atoms in total. The molecule has 3 rings (SSSR count). The molecular formula is C21H25ClN6. The molecule has 0 bridgehead atoms. The van der Waals surface area contributed by atoms with E-state index < -0.39 is 0 Å². The molecule has 2 N–H and O–H groups in total. The first-order valence-corrected chi connectivity index (χ1v) is 9.78. The molecule has 0 saturated heterocycles. The summed E-state index contributed by atoms with van der Waals surface area (Å²) in [4.78, 5) is 8.76. The van der Waals surface area contributed by atoms with E-state index in [9.17, 15) is 0 Å². The van der Waals surface area contributed by atoms with Crippen molar-refractivity contribution in [3.63, 3.8) is 0 Å². The predicted molar refractivity (Wildman–Crippen MR) is 114 cm³/mol. The summed E-state index contributed by atoms with van der Waals surface area (Å²) in [6, 6.07) is 14.1. The molecule has 0 aliphatic heterocycles. The Morgan fingerprint density at radius 1 is 1.04 bits per heavy atom. The fourth-order valence-corrected chi connectivity index (χ4v) is 2.85. The van der Waals surface area contributed by atoms with E-state index >= 15 is 0 Å². The van der Waals surface area contributed by atoms with Gasteiger partial charge >= 0.3 is 0 Å². The molecule has 0 atom stereocenters. The molecule has 28 heavy (non-hydrogen) atoms. The van der Waals surface area contributed by atoms with Gasteiger partial charge in [0.25, 0.3) is 0 Å². The zero-order valence-electron chi connectivity index (χ0n) is 16.0. The van der Waals surface area contributed by atoms with Crippen LogP contribution in [0.5, 0.6) is 0 Å². The number of hydrogen-bond donors (Lipinski definition) is 2. The van der Waals surface area contributed by atoms with E-state index in [1.165, 1.54) is 5.56 Å². The molecule has 7 heteroatoms. The van der Waals surface area contributed by atoms with Gasteiger partial charge in [0.15, 0.2) is 5.96 Å². The minimum atomic E-state index is 0.513. The number of halogens is 1.